The number of non-ortho nitro benzene ring substituents is 1. The molecule has 176 valence electrons. The van der Waals surface area contributed by atoms with E-state index in [2.05, 4.69) is 15.6 Å². The van der Waals surface area contributed by atoms with Crippen molar-refractivity contribution in [2.24, 2.45) is 0 Å². The molecule has 35 heavy (non-hydrogen) atoms. The Balaban J connectivity index is 1.32. The lowest BCUT2D eigenvalue weighted by Gasteiger charge is -2.08. The molecule has 8 nitrogen and oxygen atoms in total. The zero-order chi connectivity index (χ0) is 24.8. The highest BCUT2D eigenvalue weighted by atomic mass is 35.5. The zero-order valence-electron chi connectivity index (χ0n) is 17.9. The Morgan fingerprint density at radius 1 is 1.03 bits per heavy atom. The average Bonchev–Trinajstić information content (AvgIpc) is 3.32. The van der Waals surface area contributed by atoms with Crippen LogP contribution in [-0.4, -0.2) is 27.5 Å². The van der Waals surface area contributed by atoms with Gasteiger partial charge in [0.2, 0.25) is 5.91 Å². The molecule has 0 radical (unpaired) electrons. The molecular weight excluding hydrogens is 508 g/mol. The van der Waals surface area contributed by atoms with E-state index in [0.29, 0.717) is 15.8 Å². The summed E-state index contributed by atoms with van der Waals surface area (Å²) < 4.78 is 0. The molecule has 4 aromatic rings. The molecule has 11 heteroatoms. The molecule has 0 fully saturated rings. The normalized spacial score (nSPS) is 10.5. The van der Waals surface area contributed by atoms with Crippen LogP contribution in [0.3, 0.4) is 0 Å². The van der Waals surface area contributed by atoms with Crippen molar-refractivity contribution < 1.29 is 14.5 Å². The molecule has 2 N–H and O–H groups in total. The minimum atomic E-state index is -0.552. The number of thiazole rings is 1. The van der Waals surface area contributed by atoms with Crippen molar-refractivity contribution in [3.8, 4) is 11.3 Å². The van der Waals surface area contributed by atoms with Gasteiger partial charge in [-0.1, -0.05) is 35.9 Å². The maximum Gasteiger partial charge on any atom is 0.270 e. The second-order valence-electron chi connectivity index (χ2n) is 7.17. The van der Waals surface area contributed by atoms with Gasteiger partial charge in [-0.25, -0.2) is 4.98 Å². The van der Waals surface area contributed by atoms with Crippen molar-refractivity contribution in [2.45, 2.75) is 4.90 Å². The maximum absolute atomic E-state index is 12.5. The number of carbonyl (C=O) groups excluding carboxylic acids is 2. The Morgan fingerprint density at radius 2 is 1.80 bits per heavy atom. The van der Waals surface area contributed by atoms with Gasteiger partial charge in [0.25, 0.3) is 11.6 Å². The number of nitro benzene ring substituents is 1. The van der Waals surface area contributed by atoms with Crippen LogP contribution in [-0.2, 0) is 4.79 Å². The third-order valence-corrected chi connectivity index (χ3v) is 6.68. The number of halogens is 1. The number of nitrogens with zero attached hydrogens (tertiary/aromatic N) is 2. The second kappa shape index (κ2) is 11.1. The number of nitro groups is 1. The highest BCUT2D eigenvalue weighted by Crippen LogP contribution is 2.27. The van der Waals surface area contributed by atoms with E-state index in [4.69, 9.17) is 11.6 Å². The highest BCUT2D eigenvalue weighted by Gasteiger charge is 2.13. The van der Waals surface area contributed by atoms with Gasteiger partial charge in [0.1, 0.15) is 0 Å². The molecule has 4 rings (SSSR count). The van der Waals surface area contributed by atoms with Crippen LogP contribution in [0.1, 0.15) is 10.4 Å². The van der Waals surface area contributed by atoms with Crippen LogP contribution < -0.4 is 10.6 Å². The number of amides is 2. The standard InChI is InChI=1S/C24H17ClN4O4S2/c25-17-9-7-15(8-10-17)21-13-35-24(27-21)28-22(30)14-34-20-6-2-4-18(12-20)26-23(31)16-3-1-5-19(11-16)29(32)33/h1-13H,14H2,(H,26,31)(H,27,28,30). The number of benzene rings is 3. The fourth-order valence-electron chi connectivity index (χ4n) is 3.02. The van der Waals surface area contributed by atoms with Crippen LogP contribution in [0.2, 0.25) is 5.02 Å². The number of hydrogen-bond donors (Lipinski definition) is 2. The van der Waals surface area contributed by atoms with Crippen molar-refractivity contribution in [3.63, 3.8) is 0 Å². The number of aromatic nitrogens is 1. The van der Waals surface area contributed by atoms with Crippen LogP contribution in [0.25, 0.3) is 11.3 Å². The SMILES string of the molecule is O=C(CSc1cccc(NC(=O)c2cccc([N+](=O)[O-])c2)c1)Nc1nc(-c2ccc(Cl)cc2)cs1. The number of hydrogen-bond acceptors (Lipinski definition) is 7. The lowest BCUT2D eigenvalue weighted by Crippen LogP contribution is -2.14. The van der Waals surface area contributed by atoms with Crippen LogP contribution in [0.4, 0.5) is 16.5 Å². The third-order valence-electron chi connectivity index (χ3n) is 4.67. The maximum atomic E-state index is 12.5. The molecule has 0 bridgehead atoms. The summed E-state index contributed by atoms with van der Waals surface area (Å²) >= 11 is 8.56. The first-order valence-corrected chi connectivity index (χ1v) is 12.4. The van der Waals surface area contributed by atoms with Crippen molar-refractivity contribution in [1.82, 2.24) is 4.98 Å². The summed E-state index contributed by atoms with van der Waals surface area (Å²) in [5.41, 5.74) is 2.19. The summed E-state index contributed by atoms with van der Waals surface area (Å²) in [4.78, 5) is 40.5. The summed E-state index contributed by atoms with van der Waals surface area (Å²) in [7, 11) is 0. The second-order valence-corrected chi connectivity index (χ2v) is 9.51. The van der Waals surface area contributed by atoms with Crippen LogP contribution in [0.15, 0.2) is 83.1 Å². The molecule has 0 aliphatic heterocycles. The molecule has 0 saturated carbocycles. The van der Waals surface area contributed by atoms with Crippen molar-refractivity contribution in [1.29, 1.82) is 0 Å². The summed E-state index contributed by atoms with van der Waals surface area (Å²) in [6.45, 7) is 0. The molecular formula is C24H17ClN4O4S2. The third kappa shape index (κ3) is 6.66. The summed E-state index contributed by atoms with van der Waals surface area (Å²) in [5.74, 6) is -0.523. The van der Waals surface area contributed by atoms with Gasteiger partial charge in [-0.05, 0) is 36.4 Å². The van der Waals surface area contributed by atoms with E-state index in [-0.39, 0.29) is 22.9 Å². The molecule has 1 heterocycles. The Hall–Kier alpha value is -3.73. The Labute approximate surface area is 213 Å². The minimum absolute atomic E-state index is 0.151. The van der Waals surface area contributed by atoms with E-state index in [9.17, 15) is 19.7 Å². The van der Waals surface area contributed by atoms with Crippen molar-refractivity contribution >= 4 is 63.0 Å². The topological polar surface area (TPSA) is 114 Å². The molecule has 0 spiro atoms. The Bertz CT molecular complexity index is 1390. The zero-order valence-corrected chi connectivity index (χ0v) is 20.3. The molecule has 0 atom stereocenters. The fraction of sp³-hybridized carbons (Fsp3) is 0.0417. The quantitative estimate of drug-likeness (QED) is 0.157. The first-order valence-electron chi connectivity index (χ1n) is 10.2. The Kier molecular flexibility index (Phi) is 7.76. The highest BCUT2D eigenvalue weighted by molar-refractivity contribution is 8.00. The van der Waals surface area contributed by atoms with E-state index >= 15 is 0 Å². The predicted octanol–water partition coefficient (Wildman–Crippen LogP) is 6.35. The molecule has 0 saturated heterocycles. The van der Waals surface area contributed by atoms with Gasteiger partial charge in [0.05, 0.1) is 16.4 Å². The summed E-state index contributed by atoms with van der Waals surface area (Å²) in [5, 5.41) is 19.4. The van der Waals surface area contributed by atoms with Crippen LogP contribution in [0, 0.1) is 10.1 Å². The lowest BCUT2D eigenvalue weighted by molar-refractivity contribution is -0.384. The smallest absolute Gasteiger partial charge is 0.270 e. The first kappa shape index (κ1) is 24.4. The first-order chi connectivity index (χ1) is 16.9. The van der Waals surface area contributed by atoms with E-state index in [0.717, 1.165) is 16.2 Å². The number of anilines is 2. The van der Waals surface area contributed by atoms with Crippen LogP contribution >= 0.6 is 34.7 Å². The fourth-order valence-corrected chi connectivity index (χ4v) is 4.63. The van der Waals surface area contributed by atoms with Gasteiger partial charge in [0, 0.05) is 44.2 Å². The van der Waals surface area contributed by atoms with Gasteiger partial charge in [0.15, 0.2) is 5.13 Å². The Morgan fingerprint density at radius 3 is 2.57 bits per heavy atom. The number of thioether (sulfide) groups is 1. The van der Waals surface area contributed by atoms with Crippen molar-refractivity contribution in [2.75, 3.05) is 16.4 Å². The van der Waals surface area contributed by atoms with Gasteiger partial charge in [-0.3, -0.25) is 19.7 Å². The molecule has 0 unspecified atom stereocenters. The molecule has 3 aromatic carbocycles. The van der Waals surface area contributed by atoms with E-state index in [1.54, 1.807) is 30.3 Å². The van der Waals surface area contributed by atoms with E-state index < -0.39 is 10.8 Å². The predicted molar refractivity (Wildman–Crippen MR) is 139 cm³/mol. The molecule has 1 aromatic heterocycles. The largest absolute Gasteiger partial charge is 0.322 e. The van der Waals surface area contributed by atoms with Gasteiger partial charge < -0.3 is 10.6 Å². The molecule has 2 amide bonds. The monoisotopic (exact) mass is 524 g/mol. The lowest BCUT2D eigenvalue weighted by atomic mass is 10.2. The summed E-state index contributed by atoms with van der Waals surface area (Å²) in [6.07, 6.45) is 0. The average molecular weight is 525 g/mol. The van der Waals surface area contributed by atoms with Gasteiger partial charge in [-0.15, -0.1) is 23.1 Å². The molecule has 0 aliphatic carbocycles. The van der Waals surface area contributed by atoms with Crippen LogP contribution in [0.5, 0.6) is 0 Å². The minimum Gasteiger partial charge on any atom is -0.322 e. The number of carbonyl (C=O) groups is 2. The number of nitrogens with one attached hydrogen (secondary N) is 2. The van der Waals surface area contributed by atoms with Crippen molar-refractivity contribution in [3.05, 3.63) is 98.9 Å². The number of rotatable bonds is 8. The van der Waals surface area contributed by atoms with E-state index in [1.165, 1.54) is 47.4 Å². The molecule has 0 aliphatic rings. The van der Waals surface area contributed by atoms with Gasteiger partial charge >= 0.3 is 0 Å². The van der Waals surface area contributed by atoms with E-state index in [1.807, 2.05) is 23.6 Å². The van der Waals surface area contributed by atoms with Gasteiger partial charge in [-0.2, -0.15) is 0 Å². The summed E-state index contributed by atoms with van der Waals surface area (Å²) in [6, 6.07) is 19.8.